The summed E-state index contributed by atoms with van der Waals surface area (Å²) >= 11 is 0. The SMILES string of the molecule is CC(C)CCC(=O)Nc1ccc(CO)cc1. The number of carbonyl (C=O) groups is 1. The van der Waals surface area contributed by atoms with E-state index >= 15 is 0 Å². The maximum Gasteiger partial charge on any atom is 0.224 e. The smallest absolute Gasteiger partial charge is 0.224 e. The Kier molecular flexibility index (Phi) is 4.99. The molecule has 0 spiro atoms. The number of aliphatic hydroxyl groups excluding tert-OH is 1. The molecule has 1 aromatic carbocycles. The van der Waals surface area contributed by atoms with Crippen LogP contribution in [0.3, 0.4) is 0 Å². The minimum Gasteiger partial charge on any atom is -0.392 e. The normalized spacial score (nSPS) is 10.5. The molecule has 1 aromatic rings. The van der Waals surface area contributed by atoms with Gasteiger partial charge in [-0.25, -0.2) is 0 Å². The zero-order valence-electron chi connectivity index (χ0n) is 9.86. The number of aliphatic hydroxyl groups is 1. The molecular formula is C13H19NO2. The topological polar surface area (TPSA) is 49.3 Å². The third kappa shape index (κ3) is 4.45. The van der Waals surface area contributed by atoms with Gasteiger partial charge in [0, 0.05) is 12.1 Å². The quantitative estimate of drug-likeness (QED) is 0.802. The van der Waals surface area contributed by atoms with Crippen molar-refractivity contribution < 1.29 is 9.90 Å². The second-order valence-corrected chi connectivity index (χ2v) is 4.34. The van der Waals surface area contributed by atoms with Crippen LogP contribution in [0.1, 0.15) is 32.3 Å². The minimum atomic E-state index is 0.0293. The number of nitrogens with one attached hydrogen (secondary N) is 1. The second-order valence-electron chi connectivity index (χ2n) is 4.34. The summed E-state index contributed by atoms with van der Waals surface area (Å²) in [5.41, 5.74) is 1.63. The molecule has 88 valence electrons. The zero-order valence-corrected chi connectivity index (χ0v) is 9.86. The monoisotopic (exact) mass is 221 g/mol. The lowest BCUT2D eigenvalue weighted by Crippen LogP contribution is -2.12. The predicted molar refractivity (Wildman–Crippen MR) is 65.1 cm³/mol. The predicted octanol–water partition coefficient (Wildman–Crippen LogP) is 2.55. The Labute approximate surface area is 96.5 Å². The summed E-state index contributed by atoms with van der Waals surface area (Å²) in [5.74, 6) is 0.591. The molecule has 0 saturated heterocycles. The second kappa shape index (κ2) is 6.28. The maximum atomic E-state index is 11.5. The van der Waals surface area contributed by atoms with Gasteiger partial charge < -0.3 is 10.4 Å². The first-order valence-corrected chi connectivity index (χ1v) is 5.61. The molecule has 0 fully saturated rings. The van der Waals surface area contributed by atoms with Gasteiger partial charge in [-0.1, -0.05) is 26.0 Å². The van der Waals surface area contributed by atoms with E-state index in [1.807, 2.05) is 0 Å². The molecule has 0 aliphatic heterocycles. The van der Waals surface area contributed by atoms with Crippen LogP contribution in [0.15, 0.2) is 24.3 Å². The molecule has 0 heterocycles. The lowest BCUT2D eigenvalue weighted by molar-refractivity contribution is -0.116. The molecule has 3 heteroatoms. The third-order valence-electron chi connectivity index (χ3n) is 2.37. The molecule has 0 aliphatic rings. The van der Waals surface area contributed by atoms with Crippen LogP contribution in [0.4, 0.5) is 5.69 Å². The van der Waals surface area contributed by atoms with Crippen LogP contribution in [0.5, 0.6) is 0 Å². The summed E-state index contributed by atoms with van der Waals surface area (Å²) < 4.78 is 0. The summed E-state index contributed by atoms with van der Waals surface area (Å²) in [6.45, 7) is 4.23. The van der Waals surface area contributed by atoms with E-state index in [0.717, 1.165) is 17.7 Å². The number of benzene rings is 1. The van der Waals surface area contributed by atoms with E-state index < -0.39 is 0 Å². The van der Waals surface area contributed by atoms with Gasteiger partial charge in [-0.2, -0.15) is 0 Å². The Bertz CT molecular complexity index is 330. The minimum absolute atomic E-state index is 0.0293. The lowest BCUT2D eigenvalue weighted by Gasteiger charge is -2.07. The highest BCUT2D eigenvalue weighted by molar-refractivity contribution is 5.90. The molecule has 3 nitrogen and oxygen atoms in total. The Balaban J connectivity index is 2.43. The molecule has 0 bridgehead atoms. The fraction of sp³-hybridized carbons (Fsp3) is 0.462. The van der Waals surface area contributed by atoms with Gasteiger partial charge in [-0.05, 0) is 30.0 Å². The first kappa shape index (κ1) is 12.7. The molecule has 2 N–H and O–H groups in total. The Morgan fingerprint density at radius 3 is 2.44 bits per heavy atom. The summed E-state index contributed by atoms with van der Waals surface area (Å²) in [5, 5.41) is 11.7. The number of anilines is 1. The van der Waals surface area contributed by atoms with Gasteiger partial charge in [-0.3, -0.25) is 4.79 Å². The van der Waals surface area contributed by atoms with E-state index in [4.69, 9.17) is 5.11 Å². The van der Waals surface area contributed by atoms with Crippen molar-refractivity contribution in [1.82, 2.24) is 0 Å². The Morgan fingerprint density at radius 1 is 1.31 bits per heavy atom. The standard InChI is InChI=1S/C13H19NO2/c1-10(2)3-8-13(16)14-12-6-4-11(9-15)5-7-12/h4-7,10,15H,3,8-9H2,1-2H3,(H,14,16). The Morgan fingerprint density at radius 2 is 1.94 bits per heavy atom. The van der Waals surface area contributed by atoms with Crippen LogP contribution in [0.2, 0.25) is 0 Å². The highest BCUT2D eigenvalue weighted by atomic mass is 16.3. The summed E-state index contributed by atoms with van der Waals surface area (Å²) in [6, 6.07) is 7.22. The zero-order chi connectivity index (χ0) is 12.0. The van der Waals surface area contributed by atoms with Crippen LogP contribution in [0, 0.1) is 5.92 Å². The average Bonchev–Trinajstić information content (AvgIpc) is 2.27. The maximum absolute atomic E-state index is 11.5. The molecule has 0 unspecified atom stereocenters. The third-order valence-corrected chi connectivity index (χ3v) is 2.37. The van der Waals surface area contributed by atoms with Crippen molar-refractivity contribution in [2.45, 2.75) is 33.3 Å². The summed E-state index contributed by atoms with van der Waals surface area (Å²) in [6.07, 6.45) is 1.46. The van der Waals surface area contributed by atoms with Crippen molar-refractivity contribution in [3.05, 3.63) is 29.8 Å². The van der Waals surface area contributed by atoms with Crippen molar-refractivity contribution in [2.24, 2.45) is 5.92 Å². The van der Waals surface area contributed by atoms with Gasteiger partial charge in [0.2, 0.25) is 5.91 Å². The average molecular weight is 221 g/mol. The van der Waals surface area contributed by atoms with Gasteiger partial charge in [-0.15, -0.1) is 0 Å². The molecule has 0 radical (unpaired) electrons. The van der Waals surface area contributed by atoms with Crippen molar-refractivity contribution in [2.75, 3.05) is 5.32 Å². The number of hydrogen-bond donors (Lipinski definition) is 2. The van der Waals surface area contributed by atoms with Gasteiger partial charge in [0.05, 0.1) is 6.61 Å². The summed E-state index contributed by atoms with van der Waals surface area (Å²) in [4.78, 5) is 11.5. The van der Waals surface area contributed by atoms with Crippen LogP contribution < -0.4 is 5.32 Å². The number of rotatable bonds is 5. The molecular weight excluding hydrogens is 202 g/mol. The first-order valence-electron chi connectivity index (χ1n) is 5.61. The highest BCUT2D eigenvalue weighted by Crippen LogP contribution is 2.11. The molecule has 0 atom stereocenters. The highest BCUT2D eigenvalue weighted by Gasteiger charge is 2.03. The van der Waals surface area contributed by atoms with Gasteiger partial charge >= 0.3 is 0 Å². The van der Waals surface area contributed by atoms with Crippen LogP contribution in [-0.4, -0.2) is 11.0 Å². The van der Waals surface area contributed by atoms with E-state index in [1.54, 1.807) is 24.3 Å². The lowest BCUT2D eigenvalue weighted by atomic mass is 10.1. The van der Waals surface area contributed by atoms with Gasteiger partial charge in [0.15, 0.2) is 0 Å². The van der Waals surface area contributed by atoms with Crippen LogP contribution >= 0.6 is 0 Å². The molecule has 1 rings (SSSR count). The van der Waals surface area contributed by atoms with Crippen molar-refractivity contribution in [3.63, 3.8) is 0 Å². The molecule has 0 aromatic heterocycles. The van der Waals surface area contributed by atoms with E-state index in [1.165, 1.54) is 0 Å². The number of carbonyl (C=O) groups excluding carboxylic acids is 1. The molecule has 0 aliphatic carbocycles. The molecule has 1 amide bonds. The van der Waals surface area contributed by atoms with Crippen molar-refractivity contribution in [3.8, 4) is 0 Å². The fourth-order valence-corrected chi connectivity index (χ4v) is 1.34. The Hall–Kier alpha value is -1.35. The van der Waals surface area contributed by atoms with E-state index in [9.17, 15) is 4.79 Å². The van der Waals surface area contributed by atoms with E-state index in [-0.39, 0.29) is 12.5 Å². The molecule has 0 saturated carbocycles. The van der Waals surface area contributed by atoms with Gasteiger partial charge in [0.1, 0.15) is 0 Å². The van der Waals surface area contributed by atoms with Crippen molar-refractivity contribution >= 4 is 11.6 Å². The van der Waals surface area contributed by atoms with E-state index in [0.29, 0.717) is 12.3 Å². The van der Waals surface area contributed by atoms with E-state index in [2.05, 4.69) is 19.2 Å². The largest absolute Gasteiger partial charge is 0.392 e. The number of hydrogen-bond acceptors (Lipinski definition) is 2. The van der Waals surface area contributed by atoms with Gasteiger partial charge in [0.25, 0.3) is 0 Å². The summed E-state index contributed by atoms with van der Waals surface area (Å²) in [7, 11) is 0. The molecule has 16 heavy (non-hydrogen) atoms. The van der Waals surface area contributed by atoms with Crippen LogP contribution in [-0.2, 0) is 11.4 Å². The fourth-order valence-electron chi connectivity index (χ4n) is 1.34. The number of amides is 1. The first-order chi connectivity index (χ1) is 7.61. The van der Waals surface area contributed by atoms with Crippen molar-refractivity contribution in [1.29, 1.82) is 0 Å². The van der Waals surface area contributed by atoms with Crippen LogP contribution in [0.25, 0.3) is 0 Å².